The van der Waals surface area contributed by atoms with Crippen molar-refractivity contribution in [2.75, 3.05) is 50.0 Å². The number of hydrogen-bond donors (Lipinski definition) is 3. The number of carbonyl (C=O) groups excluding carboxylic acids is 1. The van der Waals surface area contributed by atoms with Crippen LogP contribution in [0.15, 0.2) is 62.0 Å². The number of likely N-dealkylation sites (tertiary alicyclic amines) is 1. The summed E-state index contributed by atoms with van der Waals surface area (Å²) in [7, 11) is 0. The molecule has 2 aliphatic heterocycles. The zero-order valence-electron chi connectivity index (χ0n) is 33.7. The molecule has 18 nitrogen and oxygen atoms in total. The normalized spacial score (nSPS) is 17.0. The van der Waals surface area contributed by atoms with Crippen LogP contribution in [0.25, 0.3) is 33.5 Å². The number of halogens is 4. The van der Waals surface area contributed by atoms with Crippen molar-refractivity contribution in [1.82, 2.24) is 59.3 Å². The van der Waals surface area contributed by atoms with Crippen molar-refractivity contribution < 1.29 is 36.6 Å². The zero-order chi connectivity index (χ0) is 42.9. The summed E-state index contributed by atoms with van der Waals surface area (Å²) in [6.07, 6.45) is 14.2. The average molecular weight is 851 g/mol. The molecule has 0 spiro atoms. The Bertz CT molecular complexity index is 2390. The number of anilines is 2. The summed E-state index contributed by atoms with van der Waals surface area (Å²) in [4.78, 5) is 40.1. The van der Waals surface area contributed by atoms with Gasteiger partial charge >= 0.3 is 6.09 Å². The van der Waals surface area contributed by atoms with Gasteiger partial charge in [-0.3, -0.25) is 9.97 Å². The van der Waals surface area contributed by atoms with Gasteiger partial charge in [-0.25, -0.2) is 51.3 Å². The van der Waals surface area contributed by atoms with E-state index in [1.807, 2.05) is 20.8 Å². The van der Waals surface area contributed by atoms with Gasteiger partial charge in [0.25, 0.3) is 12.9 Å². The summed E-state index contributed by atoms with van der Waals surface area (Å²) >= 11 is 0. The van der Waals surface area contributed by atoms with Gasteiger partial charge in [0.05, 0.1) is 84.4 Å². The first-order valence-electron chi connectivity index (χ1n) is 19.7. The van der Waals surface area contributed by atoms with Crippen LogP contribution in [0.5, 0.6) is 11.8 Å². The van der Waals surface area contributed by atoms with E-state index in [4.69, 9.17) is 14.2 Å². The number of fused-ring (bicyclic) bond motifs is 2. The van der Waals surface area contributed by atoms with Crippen LogP contribution in [-0.4, -0.2) is 130 Å². The van der Waals surface area contributed by atoms with E-state index in [1.165, 1.54) is 33.8 Å². The topological polar surface area (TPSA) is 196 Å². The van der Waals surface area contributed by atoms with E-state index in [9.17, 15) is 22.4 Å². The van der Waals surface area contributed by atoms with Crippen molar-refractivity contribution >= 4 is 28.8 Å². The second-order valence-electron chi connectivity index (χ2n) is 15.3. The Morgan fingerprint density at radius 1 is 0.770 bits per heavy atom. The van der Waals surface area contributed by atoms with Crippen molar-refractivity contribution in [3.05, 3.63) is 62.0 Å². The van der Waals surface area contributed by atoms with Crippen molar-refractivity contribution in [1.29, 1.82) is 0 Å². The summed E-state index contributed by atoms with van der Waals surface area (Å²) < 4.78 is 67.7. The Balaban J connectivity index is 0.000000189. The van der Waals surface area contributed by atoms with Crippen LogP contribution >= 0.6 is 0 Å². The van der Waals surface area contributed by atoms with Crippen molar-refractivity contribution in [3.8, 4) is 34.3 Å². The number of nitrogens with one attached hydrogen (secondary N) is 3. The van der Waals surface area contributed by atoms with Gasteiger partial charge in [-0.05, 0) is 53.0 Å². The standard InChI is InChI=1S/C22H27F2N7O3.C17H19F2N7O/c1-22(2,3)34-21(32)30-6-4-5-14(11-30)28-19-10-25-8-16(29-19)15-7-27-31-12-20(26-9-17(15)31)33-13-18(23)24;18-15(19)10-27-17-9-26-14(7-22-17)12(5-23-26)13-6-21-8-16(25-13)24-11-2-1-3-20-4-11/h7-10,12,14,18H,4-6,11,13H2,1-3H3,(H,28,29);5-9,11,15,20H,1-4,10H2,(H,24,25)/t14-;11-/m11/s1. The van der Waals surface area contributed by atoms with Gasteiger partial charge in [-0.15, -0.1) is 0 Å². The van der Waals surface area contributed by atoms with Crippen molar-refractivity contribution in [2.24, 2.45) is 0 Å². The number of carbonyl (C=O) groups is 1. The highest BCUT2D eigenvalue weighted by Crippen LogP contribution is 2.27. The molecule has 8 heterocycles. The lowest BCUT2D eigenvalue weighted by molar-refractivity contribution is 0.0206. The molecule has 2 fully saturated rings. The molecule has 0 aliphatic carbocycles. The third-order valence-corrected chi connectivity index (χ3v) is 9.37. The third kappa shape index (κ3) is 11.6. The van der Waals surface area contributed by atoms with E-state index >= 15 is 0 Å². The molecule has 2 saturated heterocycles. The van der Waals surface area contributed by atoms with Crippen LogP contribution in [0.1, 0.15) is 46.5 Å². The molecular weight excluding hydrogens is 805 g/mol. The lowest BCUT2D eigenvalue weighted by Gasteiger charge is -2.34. The Labute approximate surface area is 347 Å². The molecular formula is C39H46F4N14O4. The van der Waals surface area contributed by atoms with Crippen molar-refractivity contribution in [3.63, 3.8) is 0 Å². The van der Waals surface area contributed by atoms with Crippen LogP contribution in [-0.2, 0) is 4.74 Å². The molecule has 22 heteroatoms. The van der Waals surface area contributed by atoms with Gasteiger partial charge in [0.2, 0.25) is 11.8 Å². The minimum Gasteiger partial charge on any atom is -0.470 e. The number of alkyl halides is 4. The van der Waals surface area contributed by atoms with Gasteiger partial charge in [0, 0.05) is 42.8 Å². The van der Waals surface area contributed by atoms with Crippen LogP contribution in [0.4, 0.5) is 34.0 Å². The molecule has 61 heavy (non-hydrogen) atoms. The summed E-state index contributed by atoms with van der Waals surface area (Å²) in [6, 6.07) is 0.328. The maximum Gasteiger partial charge on any atom is 0.410 e. The number of aromatic nitrogens is 10. The summed E-state index contributed by atoms with van der Waals surface area (Å²) in [5, 5.41) is 18.6. The number of amides is 1. The highest BCUT2D eigenvalue weighted by Gasteiger charge is 2.28. The number of rotatable bonds is 12. The largest absolute Gasteiger partial charge is 0.470 e. The van der Waals surface area contributed by atoms with E-state index in [0.29, 0.717) is 58.8 Å². The smallest absolute Gasteiger partial charge is 0.410 e. The molecule has 6 aromatic heterocycles. The predicted molar refractivity (Wildman–Crippen MR) is 215 cm³/mol. The fraction of sp³-hybridized carbons (Fsp3) is 0.462. The summed E-state index contributed by atoms with van der Waals surface area (Å²) in [5.74, 6) is 1.41. The van der Waals surface area contributed by atoms with Crippen LogP contribution < -0.4 is 25.4 Å². The maximum absolute atomic E-state index is 12.4. The van der Waals surface area contributed by atoms with Crippen LogP contribution in [0, 0.1) is 0 Å². The van der Waals surface area contributed by atoms with Crippen molar-refractivity contribution in [2.45, 2.75) is 77.0 Å². The van der Waals surface area contributed by atoms with Crippen LogP contribution in [0.3, 0.4) is 0 Å². The molecule has 0 saturated carbocycles. The molecule has 3 N–H and O–H groups in total. The Hall–Kier alpha value is -6.45. The molecule has 8 rings (SSSR count). The van der Waals surface area contributed by atoms with Gasteiger partial charge in [-0.1, -0.05) is 0 Å². The van der Waals surface area contributed by atoms with E-state index in [-0.39, 0.29) is 23.9 Å². The highest BCUT2D eigenvalue weighted by molar-refractivity contribution is 5.78. The highest BCUT2D eigenvalue weighted by atomic mass is 19.3. The van der Waals surface area contributed by atoms with E-state index < -0.39 is 31.7 Å². The summed E-state index contributed by atoms with van der Waals surface area (Å²) in [5.41, 5.74) is 3.43. The monoisotopic (exact) mass is 850 g/mol. The average Bonchev–Trinajstić information content (AvgIpc) is 3.87. The SMILES string of the molecule is CC(C)(C)OC(=O)N1CCC[C@@H](Nc2cncc(-c3cnn4cc(OCC(F)F)ncc34)n2)C1.FC(F)COc1cn2ncc(-c3cncc(N[C@@H]4CCCNC4)n3)c2cn1. The number of piperidine rings is 2. The molecule has 2 atom stereocenters. The maximum atomic E-state index is 12.4. The van der Waals surface area contributed by atoms with Gasteiger partial charge in [0.15, 0.2) is 13.2 Å². The first-order chi connectivity index (χ1) is 29.4. The van der Waals surface area contributed by atoms with Gasteiger partial charge < -0.3 is 35.1 Å². The van der Waals surface area contributed by atoms with E-state index in [2.05, 4.69) is 56.1 Å². The Morgan fingerprint density at radius 3 is 1.82 bits per heavy atom. The first kappa shape index (κ1) is 42.7. The van der Waals surface area contributed by atoms with E-state index in [1.54, 1.807) is 42.1 Å². The fourth-order valence-electron chi connectivity index (χ4n) is 6.68. The zero-order valence-corrected chi connectivity index (χ0v) is 33.7. The molecule has 0 bridgehead atoms. The van der Waals surface area contributed by atoms with Gasteiger partial charge in [0.1, 0.15) is 17.2 Å². The molecule has 324 valence electrons. The lowest BCUT2D eigenvalue weighted by Crippen LogP contribution is -2.47. The quantitative estimate of drug-likeness (QED) is 0.128. The second-order valence-corrected chi connectivity index (χ2v) is 15.3. The third-order valence-electron chi connectivity index (χ3n) is 9.37. The first-order valence-corrected chi connectivity index (χ1v) is 19.7. The fourth-order valence-corrected chi connectivity index (χ4v) is 6.68. The predicted octanol–water partition coefficient (Wildman–Crippen LogP) is 5.64. The number of hydrogen-bond acceptors (Lipinski definition) is 15. The molecule has 0 unspecified atom stereocenters. The molecule has 2 aliphatic rings. The molecule has 0 radical (unpaired) electrons. The Kier molecular flexibility index (Phi) is 13.5. The number of nitrogens with zero attached hydrogens (tertiary/aromatic N) is 11. The van der Waals surface area contributed by atoms with Crippen LogP contribution in [0.2, 0.25) is 0 Å². The minimum atomic E-state index is -2.59. The number of ether oxygens (including phenoxy) is 3. The molecule has 1 amide bonds. The molecule has 0 aromatic carbocycles. The minimum absolute atomic E-state index is 0.00549. The van der Waals surface area contributed by atoms with Gasteiger partial charge in [-0.2, -0.15) is 10.2 Å². The molecule has 6 aromatic rings. The second kappa shape index (κ2) is 19.3. The lowest BCUT2D eigenvalue weighted by atomic mass is 10.1. The summed E-state index contributed by atoms with van der Waals surface area (Å²) in [6.45, 7) is 7.19. The van der Waals surface area contributed by atoms with E-state index in [0.717, 1.165) is 44.3 Å². The Morgan fingerprint density at radius 2 is 1.31 bits per heavy atom.